The highest BCUT2D eigenvalue weighted by molar-refractivity contribution is 9.10. The predicted molar refractivity (Wildman–Crippen MR) is 183 cm³/mol. The first-order valence-corrected chi connectivity index (χ1v) is 17.9. The molecule has 0 aromatic heterocycles. The minimum atomic E-state index is -4.72. The molecule has 264 valence electrons. The van der Waals surface area contributed by atoms with Crippen molar-refractivity contribution in [2.45, 2.75) is 63.5 Å². The lowest BCUT2D eigenvalue weighted by Crippen LogP contribution is -2.46. The summed E-state index contributed by atoms with van der Waals surface area (Å²) in [4.78, 5) is 41.4. The molecule has 3 N–H and O–H groups in total. The maximum Gasteiger partial charge on any atom is 0.459 e. The van der Waals surface area contributed by atoms with Crippen LogP contribution in [0.3, 0.4) is 0 Å². The first-order valence-electron chi connectivity index (χ1n) is 15.6. The summed E-state index contributed by atoms with van der Waals surface area (Å²) in [6, 6.07) is 18.3. The zero-order valence-electron chi connectivity index (χ0n) is 27.0. The fourth-order valence-corrected chi connectivity index (χ4v) is 7.68. The molecule has 3 aromatic carbocycles. The number of aliphatic hydroxyl groups excluding tert-OH is 2. The molecule has 17 heteroatoms. The molecule has 0 radical (unpaired) electrons. The molecular formula is C33H35BrN5O10P. The van der Waals surface area contributed by atoms with Gasteiger partial charge in [0.15, 0.2) is 12.0 Å². The van der Waals surface area contributed by atoms with Crippen LogP contribution in [0.1, 0.15) is 32.3 Å². The minimum Gasteiger partial charge on any atom is -0.460 e. The number of nitrogens with one attached hydrogen (secondary N) is 1. The SMILES string of the molecule is CC(C)C[C@H](NP(=O)(OC[C@@]1(N=[N+]=[N-])O[C@@H](N2C=CC(=O)CC2=O)[C@H](O)[C@@H]1O)Oc1ccc2ccccc2c1Br)C(=O)OCc1ccccc1. The zero-order valence-corrected chi connectivity index (χ0v) is 29.5. The number of azide groups is 1. The number of nitrogens with zero attached hydrogens (tertiary/aromatic N) is 4. The number of rotatable bonds is 14. The van der Waals surface area contributed by atoms with Crippen LogP contribution in [0.4, 0.5) is 0 Å². The molecule has 0 bridgehead atoms. The van der Waals surface area contributed by atoms with E-state index in [1.54, 1.807) is 42.5 Å². The average molecular weight is 773 g/mol. The highest BCUT2D eigenvalue weighted by Gasteiger charge is 2.58. The van der Waals surface area contributed by atoms with Crippen molar-refractivity contribution in [1.29, 1.82) is 0 Å². The molecule has 2 aliphatic rings. The second kappa shape index (κ2) is 15.8. The van der Waals surface area contributed by atoms with E-state index in [2.05, 4.69) is 31.0 Å². The fraction of sp³-hybridized carbons (Fsp3) is 0.364. The lowest BCUT2D eigenvalue weighted by atomic mass is 10.1. The zero-order chi connectivity index (χ0) is 36.1. The molecule has 1 unspecified atom stereocenters. The number of allylic oxidation sites excluding steroid dienone is 1. The lowest BCUT2D eigenvalue weighted by molar-refractivity contribution is -0.159. The van der Waals surface area contributed by atoms with Crippen LogP contribution >= 0.6 is 23.7 Å². The van der Waals surface area contributed by atoms with Gasteiger partial charge in [0.25, 0.3) is 0 Å². The van der Waals surface area contributed by atoms with Gasteiger partial charge in [0.1, 0.15) is 30.6 Å². The smallest absolute Gasteiger partial charge is 0.459 e. The number of carbonyl (C=O) groups is 3. The molecule has 50 heavy (non-hydrogen) atoms. The van der Waals surface area contributed by atoms with Gasteiger partial charge in [-0.1, -0.05) is 79.6 Å². The van der Waals surface area contributed by atoms with Gasteiger partial charge < -0.3 is 24.2 Å². The molecule has 6 atom stereocenters. The number of amides is 1. The Morgan fingerprint density at radius 1 is 1.16 bits per heavy atom. The van der Waals surface area contributed by atoms with E-state index in [0.717, 1.165) is 28.1 Å². The summed E-state index contributed by atoms with van der Waals surface area (Å²) < 4.78 is 38.4. The third-order valence-electron chi connectivity index (χ3n) is 7.94. The van der Waals surface area contributed by atoms with Crippen LogP contribution in [0, 0.1) is 5.92 Å². The fourth-order valence-electron chi connectivity index (χ4n) is 5.45. The van der Waals surface area contributed by atoms with Gasteiger partial charge in [-0.15, -0.1) is 0 Å². The topological polar surface area (TPSA) is 210 Å². The van der Waals surface area contributed by atoms with Crippen LogP contribution in [0.2, 0.25) is 0 Å². The number of aliphatic hydroxyl groups is 2. The van der Waals surface area contributed by atoms with Crippen molar-refractivity contribution in [2.75, 3.05) is 6.61 Å². The standard InChI is InChI=1S/C33H35BrN5O10P/c1-20(2)16-25(32(44)46-18-21-8-4-3-5-9-21)36-50(45,49-26-13-12-22-10-6-7-11-24(22)28(26)34)47-19-33(37-38-35)30(43)29(42)31(48-33)39-15-14-23(40)17-27(39)41/h3-15,20,25,29-31,42-43H,16-19H2,1-2H3,(H,36,45)/t25-,29+,30-,31+,33+,50?/m0/s1. The Labute approximate surface area is 295 Å². The van der Waals surface area contributed by atoms with Gasteiger partial charge in [0, 0.05) is 11.1 Å². The van der Waals surface area contributed by atoms with E-state index < -0.39 is 68.6 Å². The van der Waals surface area contributed by atoms with Gasteiger partial charge in [-0.2, -0.15) is 5.09 Å². The monoisotopic (exact) mass is 771 g/mol. The first-order chi connectivity index (χ1) is 23.8. The maximum absolute atomic E-state index is 14.8. The number of benzene rings is 3. The second-order valence-electron chi connectivity index (χ2n) is 12.1. The number of ether oxygens (including phenoxy) is 2. The van der Waals surface area contributed by atoms with Crippen molar-refractivity contribution < 1.29 is 47.7 Å². The second-order valence-corrected chi connectivity index (χ2v) is 14.6. The molecule has 1 saturated heterocycles. The van der Waals surface area contributed by atoms with E-state index in [-0.39, 0.29) is 24.7 Å². The summed E-state index contributed by atoms with van der Waals surface area (Å²) in [5.41, 5.74) is 7.74. The molecule has 1 amide bonds. The molecular weight excluding hydrogens is 737 g/mol. The van der Waals surface area contributed by atoms with Crippen LogP contribution in [0.15, 0.2) is 88.6 Å². The summed E-state index contributed by atoms with van der Waals surface area (Å²) in [6.45, 7) is 2.64. The number of esters is 1. The van der Waals surface area contributed by atoms with Crippen LogP contribution in [-0.4, -0.2) is 69.6 Å². The number of carbonyl (C=O) groups excluding carboxylic acids is 3. The largest absolute Gasteiger partial charge is 0.460 e. The lowest BCUT2D eigenvalue weighted by Gasteiger charge is -2.32. The van der Waals surface area contributed by atoms with E-state index in [0.29, 0.717) is 9.86 Å². The summed E-state index contributed by atoms with van der Waals surface area (Å²) in [6.07, 6.45) is -3.69. The van der Waals surface area contributed by atoms with E-state index in [1.165, 1.54) is 6.07 Å². The molecule has 0 saturated carbocycles. The third-order valence-corrected chi connectivity index (χ3v) is 10.3. The maximum atomic E-state index is 14.8. The Balaban J connectivity index is 1.47. The van der Waals surface area contributed by atoms with Crippen LogP contribution < -0.4 is 9.61 Å². The van der Waals surface area contributed by atoms with Crippen molar-refractivity contribution in [1.82, 2.24) is 9.99 Å². The van der Waals surface area contributed by atoms with E-state index in [9.17, 15) is 34.7 Å². The number of halogens is 1. The quantitative estimate of drug-likeness (QED) is 0.0481. The Bertz CT molecular complexity index is 1870. The number of hydrogen-bond donors (Lipinski definition) is 3. The Kier molecular flexibility index (Phi) is 11.8. The van der Waals surface area contributed by atoms with Gasteiger partial charge in [-0.05, 0) is 62.3 Å². The van der Waals surface area contributed by atoms with E-state index >= 15 is 0 Å². The van der Waals surface area contributed by atoms with Gasteiger partial charge in [-0.3, -0.25) is 23.8 Å². The number of ketones is 1. The molecule has 0 aliphatic carbocycles. The minimum absolute atomic E-state index is 0.0536. The van der Waals surface area contributed by atoms with Crippen LogP contribution in [0.25, 0.3) is 21.2 Å². The highest BCUT2D eigenvalue weighted by atomic mass is 79.9. The molecule has 3 aromatic rings. The van der Waals surface area contributed by atoms with Crippen molar-refractivity contribution in [2.24, 2.45) is 11.0 Å². The van der Waals surface area contributed by atoms with Crippen molar-refractivity contribution in [3.05, 3.63) is 99.5 Å². The molecule has 2 heterocycles. The first kappa shape index (κ1) is 37.2. The summed E-state index contributed by atoms with van der Waals surface area (Å²) in [5.74, 6) is -2.03. The van der Waals surface area contributed by atoms with Crippen molar-refractivity contribution in [3.8, 4) is 5.75 Å². The normalized spacial score (nSPS) is 23.8. The average Bonchev–Trinajstić information content (AvgIpc) is 3.33. The molecule has 2 aliphatic heterocycles. The Morgan fingerprint density at radius 2 is 1.88 bits per heavy atom. The van der Waals surface area contributed by atoms with Gasteiger partial charge in [-0.25, -0.2) is 4.57 Å². The summed E-state index contributed by atoms with van der Waals surface area (Å²) in [5, 5.41) is 29.8. The Morgan fingerprint density at radius 3 is 2.58 bits per heavy atom. The predicted octanol–water partition coefficient (Wildman–Crippen LogP) is 5.25. The van der Waals surface area contributed by atoms with Crippen molar-refractivity contribution in [3.63, 3.8) is 0 Å². The highest BCUT2D eigenvalue weighted by Crippen LogP contribution is 2.50. The van der Waals surface area contributed by atoms with Crippen LogP contribution in [0.5, 0.6) is 5.75 Å². The van der Waals surface area contributed by atoms with Gasteiger partial charge in [0.05, 0.1) is 17.5 Å². The van der Waals surface area contributed by atoms with E-state index in [4.69, 9.17) is 18.5 Å². The Hall–Kier alpha value is -4.11. The summed E-state index contributed by atoms with van der Waals surface area (Å²) in [7, 11) is -4.72. The van der Waals surface area contributed by atoms with E-state index in [1.807, 2.05) is 32.0 Å². The third kappa shape index (κ3) is 8.43. The molecule has 0 spiro atoms. The van der Waals surface area contributed by atoms with Gasteiger partial charge in [0.2, 0.25) is 11.6 Å². The summed E-state index contributed by atoms with van der Waals surface area (Å²) >= 11 is 3.50. The number of fused-ring (bicyclic) bond motifs is 1. The van der Waals surface area contributed by atoms with Crippen LogP contribution in [-0.2, 0) is 39.6 Å². The molecule has 5 rings (SSSR count). The van der Waals surface area contributed by atoms with Crippen molar-refractivity contribution >= 4 is 52.1 Å². The molecule has 15 nitrogen and oxygen atoms in total. The number of hydrogen-bond acceptors (Lipinski definition) is 11. The molecule has 1 fully saturated rings. The van der Waals surface area contributed by atoms with Gasteiger partial charge >= 0.3 is 13.7 Å².